The summed E-state index contributed by atoms with van der Waals surface area (Å²) in [5.74, 6) is 1.37. The van der Waals surface area contributed by atoms with Gasteiger partial charge in [-0.15, -0.1) is 0 Å². The van der Waals surface area contributed by atoms with Crippen LogP contribution in [-0.4, -0.2) is 13.0 Å². The van der Waals surface area contributed by atoms with Crippen molar-refractivity contribution in [2.75, 3.05) is 12.0 Å². The van der Waals surface area contributed by atoms with Crippen molar-refractivity contribution in [3.8, 4) is 5.75 Å². The number of methoxy groups -OCH3 is 1. The number of hydrogen-bond donors (Lipinski definition) is 0. The number of nitrogens with zero attached hydrogens (tertiary/aromatic N) is 1. The second kappa shape index (κ2) is 5.84. The third-order valence-electron chi connectivity index (χ3n) is 4.35. The number of carbonyl (C=O) groups excluding carboxylic acids is 1. The van der Waals surface area contributed by atoms with Crippen LogP contribution in [0, 0.1) is 11.8 Å². The zero-order chi connectivity index (χ0) is 15.7. The van der Waals surface area contributed by atoms with Gasteiger partial charge < -0.3 is 9.64 Å². The minimum Gasteiger partial charge on any atom is -0.497 e. The zero-order valence-corrected chi connectivity index (χ0v) is 13.2. The highest BCUT2D eigenvalue weighted by atomic mass is 16.5. The van der Waals surface area contributed by atoms with E-state index in [0.29, 0.717) is 5.92 Å². The van der Waals surface area contributed by atoms with Crippen molar-refractivity contribution in [3.63, 3.8) is 0 Å². The highest BCUT2D eigenvalue weighted by molar-refractivity contribution is 6.03. The van der Waals surface area contributed by atoms with Gasteiger partial charge in [-0.3, -0.25) is 4.79 Å². The van der Waals surface area contributed by atoms with Crippen LogP contribution >= 0.6 is 0 Å². The Morgan fingerprint density at radius 2 is 1.64 bits per heavy atom. The molecule has 0 radical (unpaired) electrons. The molecule has 2 atom stereocenters. The minimum absolute atomic E-state index is 0.0458. The van der Waals surface area contributed by atoms with Crippen LogP contribution in [0.3, 0.4) is 0 Å². The van der Waals surface area contributed by atoms with Crippen LogP contribution in [0.4, 0.5) is 5.69 Å². The van der Waals surface area contributed by atoms with Gasteiger partial charge in [0.1, 0.15) is 5.75 Å². The fourth-order valence-corrected chi connectivity index (χ4v) is 3.20. The van der Waals surface area contributed by atoms with Crippen molar-refractivity contribution < 1.29 is 9.53 Å². The number of carbonyl (C=O) groups is 1. The van der Waals surface area contributed by atoms with Crippen LogP contribution in [0.2, 0.25) is 0 Å². The number of ether oxygens (including phenoxy) is 1. The SMILES string of the molecule is COc1ccc(N2C(=O)[C@@H](C(C)C)[C@H]2c2ccccc2)cc1. The molecule has 114 valence electrons. The lowest BCUT2D eigenvalue weighted by Crippen LogP contribution is -2.57. The summed E-state index contributed by atoms with van der Waals surface area (Å²) >= 11 is 0. The van der Waals surface area contributed by atoms with Crippen molar-refractivity contribution in [2.24, 2.45) is 11.8 Å². The molecule has 3 rings (SSSR count). The Kier molecular flexibility index (Phi) is 3.88. The molecule has 0 bridgehead atoms. The van der Waals surface area contributed by atoms with Gasteiger partial charge in [0.2, 0.25) is 5.91 Å². The lowest BCUT2D eigenvalue weighted by molar-refractivity contribution is -0.132. The molecule has 2 aromatic carbocycles. The molecule has 0 aromatic heterocycles. The Labute approximate surface area is 131 Å². The summed E-state index contributed by atoms with van der Waals surface area (Å²) in [5, 5.41) is 0. The molecule has 0 spiro atoms. The van der Waals surface area contributed by atoms with Crippen LogP contribution in [0.15, 0.2) is 54.6 Å². The van der Waals surface area contributed by atoms with Gasteiger partial charge >= 0.3 is 0 Å². The number of anilines is 1. The van der Waals surface area contributed by atoms with E-state index in [1.165, 1.54) is 5.56 Å². The molecule has 1 saturated heterocycles. The first-order chi connectivity index (χ1) is 10.6. The molecule has 3 heteroatoms. The number of rotatable bonds is 4. The lowest BCUT2D eigenvalue weighted by atomic mass is 9.75. The van der Waals surface area contributed by atoms with Crippen molar-refractivity contribution in [2.45, 2.75) is 19.9 Å². The molecule has 1 heterocycles. The topological polar surface area (TPSA) is 29.5 Å². The van der Waals surface area contributed by atoms with Crippen LogP contribution in [0.1, 0.15) is 25.5 Å². The molecule has 0 unspecified atom stereocenters. The Balaban J connectivity index is 1.96. The van der Waals surface area contributed by atoms with E-state index in [9.17, 15) is 4.79 Å². The van der Waals surface area contributed by atoms with Crippen LogP contribution in [0.5, 0.6) is 5.75 Å². The standard InChI is InChI=1S/C19H21NO2/c1-13(2)17-18(14-7-5-4-6-8-14)20(19(17)21)15-9-11-16(22-3)12-10-15/h4-13,17-18H,1-3H3/t17-,18+/m0/s1. The van der Waals surface area contributed by atoms with Crippen molar-refractivity contribution in [3.05, 3.63) is 60.2 Å². The first-order valence-corrected chi connectivity index (χ1v) is 7.65. The maximum absolute atomic E-state index is 12.6. The first kappa shape index (κ1) is 14.6. The summed E-state index contributed by atoms with van der Waals surface area (Å²) in [6.45, 7) is 4.23. The van der Waals surface area contributed by atoms with Crippen LogP contribution in [-0.2, 0) is 4.79 Å². The Morgan fingerprint density at radius 1 is 1.00 bits per heavy atom. The smallest absolute Gasteiger partial charge is 0.233 e. The maximum Gasteiger partial charge on any atom is 0.233 e. The molecule has 0 N–H and O–H groups in total. The Morgan fingerprint density at radius 3 is 2.18 bits per heavy atom. The molecular weight excluding hydrogens is 274 g/mol. The highest BCUT2D eigenvalue weighted by Gasteiger charge is 2.49. The number of amides is 1. The van der Waals surface area contributed by atoms with Gasteiger partial charge in [-0.1, -0.05) is 44.2 Å². The van der Waals surface area contributed by atoms with E-state index < -0.39 is 0 Å². The lowest BCUT2D eigenvalue weighted by Gasteiger charge is -2.49. The Bertz CT molecular complexity index is 649. The van der Waals surface area contributed by atoms with E-state index >= 15 is 0 Å². The predicted octanol–water partition coefficient (Wildman–Crippen LogP) is 4.06. The number of β-lactam (4-membered cyclic amide) rings is 1. The van der Waals surface area contributed by atoms with Crippen molar-refractivity contribution in [1.82, 2.24) is 0 Å². The molecular formula is C19H21NO2. The van der Waals surface area contributed by atoms with Crippen molar-refractivity contribution >= 4 is 11.6 Å². The van der Waals surface area contributed by atoms with E-state index in [1.54, 1.807) is 7.11 Å². The van der Waals surface area contributed by atoms with Crippen LogP contribution < -0.4 is 9.64 Å². The average Bonchev–Trinajstić information content (AvgIpc) is 2.53. The molecule has 1 fully saturated rings. The quantitative estimate of drug-likeness (QED) is 0.796. The molecule has 3 nitrogen and oxygen atoms in total. The van der Waals surface area contributed by atoms with E-state index in [2.05, 4.69) is 26.0 Å². The van der Waals surface area contributed by atoms with Gasteiger partial charge in [0.15, 0.2) is 0 Å². The summed E-state index contributed by atoms with van der Waals surface area (Å²) in [4.78, 5) is 14.5. The zero-order valence-electron chi connectivity index (χ0n) is 13.2. The summed E-state index contributed by atoms with van der Waals surface area (Å²) in [6, 6.07) is 18.1. The second-order valence-electron chi connectivity index (χ2n) is 6.03. The summed E-state index contributed by atoms with van der Waals surface area (Å²) in [7, 11) is 1.64. The fraction of sp³-hybridized carbons (Fsp3) is 0.316. The first-order valence-electron chi connectivity index (χ1n) is 7.65. The summed E-state index contributed by atoms with van der Waals surface area (Å²) < 4.78 is 5.19. The normalized spacial score (nSPS) is 20.9. The summed E-state index contributed by atoms with van der Waals surface area (Å²) in [5.41, 5.74) is 2.12. The molecule has 1 amide bonds. The Hall–Kier alpha value is -2.29. The molecule has 0 aliphatic carbocycles. The van der Waals surface area contributed by atoms with E-state index in [1.807, 2.05) is 47.4 Å². The van der Waals surface area contributed by atoms with Gasteiger partial charge in [-0.2, -0.15) is 0 Å². The minimum atomic E-state index is 0.0458. The monoisotopic (exact) mass is 295 g/mol. The molecule has 2 aromatic rings. The summed E-state index contributed by atoms with van der Waals surface area (Å²) in [6.07, 6.45) is 0. The fourth-order valence-electron chi connectivity index (χ4n) is 3.20. The van der Waals surface area contributed by atoms with Crippen LogP contribution in [0.25, 0.3) is 0 Å². The average molecular weight is 295 g/mol. The number of benzene rings is 2. The van der Waals surface area contributed by atoms with E-state index in [0.717, 1.165) is 11.4 Å². The second-order valence-corrected chi connectivity index (χ2v) is 6.03. The third-order valence-corrected chi connectivity index (χ3v) is 4.35. The van der Waals surface area contributed by atoms with Gasteiger partial charge in [-0.05, 0) is 35.7 Å². The maximum atomic E-state index is 12.6. The van der Waals surface area contributed by atoms with Gasteiger partial charge in [-0.25, -0.2) is 0 Å². The predicted molar refractivity (Wildman–Crippen MR) is 88.0 cm³/mol. The van der Waals surface area contributed by atoms with Gasteiger partial charge in [0.05, 0.1) is 19.1 Å². The van der Waals surface area contributed by atoms with E-state index in [4.69, 9.17) is 4.74 Å². The van der Waals surface area contributed by atoms with Gasteiger partial charge in [0, 0.05) is 5.69 Å². The van der Waals surface area contributed by atoms with Gasteiger partial charge in [0.25, 0.3) is 0 Å². The molecule has 1 aliphatic heterocycles. The van der Waals surface area contributed by atoms with E-state index in [-0.39, 0.29) is 17.9 Å². The van der Waals surface area contributed by atoms with Crippen molar-refractivity contribution in [1.29, 1.82) is 0 Å². The molecule has 0 saturated carbocycles. The highest BCUT2D eigenvalue weighted by Crippen LogP contribution is 2.46. The number of hydrogen-bond acceptors (Lipinski definition) is 2. The largest absolute Gasteiger partial charge is 0.497 e. The molecule has 1 aliphatic rings. The third kappa shape index (κ3) is 2.37. The molecule has 22 heavy (non-hydrogen) atoms.